The Hall–Kier alpha value is -3.32. The summed E-state index contributed by atoms with van der Waals surface area (Å²) in [5, 5.41) is 6.16. The normalized spacial score (nSPS) is 19.2. The van der Waals surface area contributed by atoms with Gasteiger partial charge in [-0.05, 0) is 36.1 Å². The van der Waals surface area contributed by atoms with Crippen LogP contribution in [-0.4, -0.2) is 35.8 Å². The second kappa shape index (κ2) is 10.3. The van der Waals surface area contributed by atoms with Gasteiger partial charge in [-0.2, -0.15) is 0 Å². The molecule has 1 fully saturated rings. The van der Waals surface area contributed by atoms with E-state index in [-0.39, 0.29) is 18.1 Å². The summed E-state index contributed by atoms with van der Waals surface area (Å²) in [5.74, 6) is 1.70. The molecule has 3 aromatic rings. The van der Waals surface area contributed by atoms with Crippen molar-refractivity contribution in [2.45, 2.75) is 25.0 Å². The van der Waals surface area contributed by atoms with Crippen molar-refractivity contribution >= 4 is 6.03 Å². The molecule has 32 heavy (non-hydrogen) atoms. The SMILES string of the molecule is COc1cccc(C(NC(=O)NCC2CCCOC2c2ccccc2)c2nccn2C)c1. The van der Waals surface area contributed by atoms with Crippen LogP contribution in [0.4, 0.5) is 4.79 Å². The first-order chi connectivity index (χ1) is 15.7. The van der Waals surface area contributed by atoms with E-state index in [0.29, 0.717) is 6.54 Å². The molecule has 168 valence electrons. The number of carbonyl (C=O) groups is 1. The number of benzene rings is 2. The topological polar surface area (TPSA) is 77.4 Å². The average molecular weight is 435 g/mol. The summed E-state index contributed by atoms with van der Waals surface area (Å²) in [7, 11) is 3.54. The molecule has 0 radical (unpaired) electrons. The van der Waals surface area contributed by atoms with Crippen LogP contribution in [0.25, 0.3) is 0 Å². The standard InChI is InChI=1S/C25H30N4O3/c1-29-14-13-26-24(29)22(19-10-6-12-21(16-19)31-2)28-25(30)27-17-20-11-7-15-32-23(20)18-8-4-3-5-9-18/h3-6,8-10,12-14,16,20,22-23H,7,11,15,17H2,1-2H3,(H2,27,28,30). The predicted octanol–water partition coefficient (Wildman–Crippen LogP) is 3.99. The number of aromatic nitrogens is 2. The van der Waals surface area contributed by atoms with Gasteiger partial charge in [-0.25, -0.2) is 9.78 Å². The molecule has 2 N–H and O–H groups in total. The zero-order valence-electron chi connectivity index (χ0n) is 18.5. The van der Waals surface area contributed by atoms with Gasteiger partial charge in [-0.15, -0.1) is 0 Å². The van der Waals surface area contributed by atoms with Crippen molar-refractivity contribution < 1.29 is 14.3 Å². The van der Waals surface area contributed by atoms with E-state index in [1.54, 1.807) is 13.3 Å². The molecule has 2 aromatic carbocycles. The van der Waals surface area contributed by atoms with Crippen LogP contribution < -0.4 is 15.4 Å². The fourth-order valence-corrected chi connectivity index (χ4v) is 4.24. The Bertz CT molecular complexity index is 1020. The Morgan fingerprint density at radius 1 is 1.25 bits per heavy atom. The first-order valence-corrected chi connectivity index (χ1v) is 11.0. The summed E-state index contributed by atoms with van der Waals surface area (Å²) in [6.07, 6.45) is 5.60. The summed E-state index contributed by atoms with van der Waals surface area (Å²) in [6.45, 7) is 1.29. The Kier molecular flexibility index (Phi) is 7.07. The molecule has 1 aliphatic heterocycles. The third-order valence-electron chi connectivity index (χ3n) is 5.92. The Labute approximate surface area is 188 Å². The summed E-state index contributed by atoms with van der Waals surface area (Å²) in [4.78, 5) is 17.4. The lowest BCUT2D eigenvalue weighted by atomic mass is 9.89. The molecule has 1 aliphatic rings. The van der Waals surface area contributed by atoms with E-state index in [0.717, 1.165) is 42.1 Å². The van der Waals surface area contributed by atoms with Gasteiger partial charge in [0.1, 0.15) is 17.6 Å². The molecule has 1 aromatic heterocycles. The summed E-state index contributed by atoms with van der Waals surface area (Å²) in [6, 6.07) is 17.2. The second-order valence-electron chi connectivity index (χ2n) is 8.06. The van der Waals surface area contributed by atoms with Crippen molar-refractivity contribution in [3.05, 3.63) is 83.9 Å². The molecule has 1 saturated heterocycles. The van der Waals surface area contributed by atoms with Gasteiger partial charge >= 0.3 is 6.03 Å². The van der Waals surface area contributed by atoms with Gasteiger partial charge < -0.3 is 24.7 Å². The lowest BCUT2D eigenvalue weighted by Crippen LogP contribution is -2.42. The molecule has 3 unspecified atom stereocenters. The fourth-order valence-electron chi connectivity index (χ4n) is 4.24. The number of aryl methyl sites for hydroxylation is 1. The fraction of sp³-hybridized carbons (Fsp3) is 0.360. The number of hydrogen-bond acceptors (Lipinski definition) is 4. The maximum atomic E-state index is 12.9. The van der Waals surface area contributed by atoms with Crippen LogP contribution in [0.15, 0.2) is 67.0 Å². The number of ether oxygens (including phenoxy) is 2. The summed E-state index contributed by atoms with van der Waals surface area (Å²) >= 11 is 0. The molecule has 0 bridgehead atoms. The maximum absolute atomic E-state index is 12.9. The zero-order valence-corrected chi connectivity index (χ0v) is 18.5. The van der Waals surface area contributed by atoms with Crippen molar-refractivity contribution in [2.75, 3.05) is 20.3 Å². The highest BCUT2D eigenvalue weighted by Crippen LogP contribution is 2.33. The number of urea groups is 1. The number of carbonyl (C=O) groups excluding carboxylic acids is 1. The van der Waals surface area contributed by atoms with Crippen LogP contribution in [0.2, 0.25) is 0 Å². The largest absolute Gasteiger partial charge is 0.497 e. The van der Waals surface area contributed by atoms with Gasteiger partial charge in [0.2, 0.25) is 0 Å². The van der Waals surface area contributed by atoms with Gasteiger partial charge in [0.15, 0.2) is 0 Å². The minimum atomic E-state index is -0.405. The van der Waals surface area contributed by atoms with E-state index < -0.39 is 6.04 Å². The van der Waals surface area contributed by atoms with Crippen molar-refractivity contribution in [3.63, 3.8) is 0 Å². The molecule has 0 spiro atoms. The first kappa shape index (κ1) is 21.9. The third-order valence-corrected chi connectivity index (χ3v) is 5.92. The number of nitrogens with zero attached hydrogens (tertiary/aromatic N) is 2. The summed E-state index contributed by atoms with van der Waals surface area (Å²) < 4.78 is 13.3. The van der Waals surface area contributed by atoms with Crippen LogP contribution in [0.3, 0.4) is 0 Å². The van der Waals surface area contributed by atoms with Crippen LogP contribution in [0.5, 0.6) is 5.75 Å². The molecule has 0 saturated carbocycles. The minimum absolute atomic E-state index is 0.00558. The van der Waals surface area contributed by atoms with Gasteiger partial charge in [-0.1, -0.05) is 42.5 Å². The molecule has 4 rings (SSSR count). The van der Waals surface area contributed by atoms with Gasteiger partial charge in [0.05, 0.1) is 13.2 Å². The second-order valence-corrected chi connectivity index (χ2v) is 8.06. The lowest BCUT2D eigenvalue weighted by molar-refractivity contribution is -0.0269. The van der Waals surface area contributed by atoms with E-state index in [1.165, 1.54) is 0 Å². The number of imidazole rings is 1. The molecular weight excluding hydrogens is 404 g/mol. The number of amides is 2. The Morgan fingerprint density at radius 2 is 2.09 bits per heavy atom. The van der Waals surface area contributed by atoms with E-state index in [1.807, 2.05) is 60.3 Å². The highest BCUT2D eigenvalue weighted by molar-refractivity contribution is 5.75. The maximum Gasteiger partial charge on any atom is 0.315 e. The van der Waals surface area contributed by atoms with E-state index >= 15 is 0 Å². The predicted molar refractivity (Wildman–Crippen MR) is 122 cm³/mol. The lowest BCUT2D eigenvalue weighted by Gasteiger charge is -2.32. The Balaban J connectivity index is 1.46. The quantitative estimate of drug-likeness (QED) is 0.590. The molecular formula is C25H30N4O3. The van der Waals surface area contributed by atoms with Crippen molar-refractivity contribution in [1.82, 2.24) is 20.2 Å². The summed E-state index contributed by atoms with van der Waals surface area (Å²) in [5.41, 5.74) is 2.05. The number of rotatable bonds is 7. The van der Waals surface area contributed by atoms with Crippen LogP contribution in [-0.2, 0) is 11.8 Å². The van der Waals surface area contributed by atoms with Crippen molar-refractivity contribution in [3.8, 4) is 5.75 Å². The molecule has 0 aliphatic carbocycles. The highest BCUT2D eigenvalue weighted by atomic mass is 16.5. The van der Waals surface area contributed by atoms with Crippen LogP contribution in [0.1, 0.15) is 41.9 Å². The first-order valence-electron chi connectivity index (χ1n) is 11.0. The monoisotopic (exact) mass is 434 g/mol. The number of hydrogen-bond donors (Lipinski definition) is 2. The van der Waals surface area contributed by atoms with E-state index in [4.69, 9.17) is 9.47 Å². The van der Waals surface area contributed by atoms with Gasteiger partial charge in [0.25, 0.3) is 0 Å². The zero-order chi connectivity index (χ0) is 22.3. The molecule has 3 atom stereocenters. The van der Waals surface area contributed by atoms with Gasteiger partial charge in [-0.3, -0.25) is 0 Å². The van der Waals surface area contributed by atoms with Crippen LogP contribution in [0, 0.1) is 5.92 Å². The van der Waals surface area contributed by atoms with E-state index in [2.05, 4.69) is 27.8 Å². The number of methoxy groups -OCH3 is 1. The highest BCUT2D eigenvalue weighted by Gasteiger charge is 2.28. The minimum Gasteiger partial charge on any atom is -0.497 e. The molecule has 7 nitrogen and oxygen atoms in total. The van der Waals surface area contributed by atoms with E-state index in [9.17, 15) is 4.79 Å². The van der Waals surface area contributed by atoms with Crippen LogP contribution >= 0.6 is 0 Å². The molecule has 2 heterocycles. The molecule has 7 heteroatoms. The van der Waals surface area contributed by atoms with Crippen molar-refractivity contribution in [2.24, 2.45) is 13.0 Å². The number of nitrogens with one attached hydrogen (secondary N) is 2. The smallest absolute Gasteiger partial charge is 0.315 e. The van der Waals surface area contributed by atoms with Crippen molar-refractivity contribution in [1.29, 1.82) is 0 Å². The third kappa shape index (κ3) is 5.11. The Morgan fingerprint density at radius 3 is 2.84 bits per heavy atom. The average Bonchev–Trinajstić information content (AvgIpc) is 3.27. The van der Waals surface area contributed by atoms with Gasteiger partial charge in [0, 0.05) is 38.5 Å². The molecule has 2 amide bonds.